The first-order chi connectivity index (χ1) is 9.52. The van der Waals surface area contributed by atoms with E-state index in [1.54, 1.807) is 12.3 Å². The molecule has 0 aliphatic rings. The van der Waals surface area contributed by atoms with Crippen LogP contribution in [0, 0.1) is 11.7 Å². The Morgan fingerprint density at radius 1 is 1.50 bits per heavy atom. The third kappa shape index (κ3) is 2.99. The monoisotopic (exact) mass is 278 g/mol. The Bertz CT molecular complexity index is 609. The summed E-state index contributed by atoms with van der Waals surface area (Å²) >= 11 is 0. The molecule has 0 spiro atoms. The minimum absolute atomic E-state index is 0.132. The van der Waals surface area contributed by atoms with Crippen LogP contribution >= 0.6 is 0 Å². The Morgan fingerprint density at radius 3 is 2.95 bits per heavy atom. The van der Waals surface area contributed by atoms with E-state index < -0.39 is 6.10 Å². The van der Waals surface area contributed by atoms with Gasteiger partial charge in [0.15, 0.2) is 0 Å². The Labute approximate surface area is 117 Å². The summed E-state index contributed by atoms with van der Waals surface area (Å²) in [4.78, 5) is 15.0. The average Bonchev–Trinajstić information content (AvgIpc) is 2.86. The van der Waals surface area contributed by atoms with Crippen LogP contribution in [0.25, 0.3) is 10.9 Å². The molecule has 0 fully saturated rings. The lowest BCUT2D eigenvalue weighted by molar-refractivity contribution is 0.0851. The molecule has 1 aromatic heterocycles. The van der Waals surface area contributed by atoms with Gasteiger partial charge < -0.3 is 15.4 Å². The molecule has 0 aliphatic heterocycles. The third-order valence-corrected chi connectivity index (χ3v) is 3.66. The molecule has 1 heterocycles. The van der Waals surface area contributed by atoms with Crippen molar-refractivity contribution in [2.45, 2.75) is 26.4 Å². The summed E-state index contributed by atoms with van der Waals surface area (Å²) in [6, 6.07) is 4.24. The van der Waals surface area contributed by atoms with Gasteiger partial charge in [-0.3, -0.25) is 4.79 Å². The van der Waals surface area contributed by atoms with Gasteiger partial charge in [0, 0.05) is 23.6 Å². The summed E-state index contributed by atoms with van der Waals surface area (Å²) in [6.45, 7) is 4.14. The van der Waals surface area contributed by atoms with E-state index in [4.69, 9.17) is 0 Å². The van der Waals surface area contributed by atoms with Gasteiger partial charge in [-0.25, -0.2) is 4.39 Å². The molecule has 2 unspecified atom stereocenters. The van der Waals surface area contributed by atoms with Crippen LogP contribution in [0.3, 0.4) is 0 Å². The van der Waals surface area contributed by atoms with Gasteiger partial charge in [0.25, 0.3) is 5.91 Å². The molecular weight excluding hydrogens is 259 g/mol. The zero-order valence-corrected chi connectivity index (χ0v) is 11.6. The number of hydrogen-bond donors (Lipinski definition) is 3. The van der Waals surface area contributed by atoms with E-state index in [2.05, 4.69) is 10.3 Å². The topological polar surface area (TPSA) is 65.1 Å². The van der Waals surface area contributed by atoms with Crippen LogP contribution in [-0.4, -0.2) is 28.6 Å². The van der Waals surface area contributed by atoms with Crippen molar-refractivity contribution in [2.24, 2.45) is 5.92 Å². The first kappa shape index (κ1) is 14.5. The van der Waals surface area contributed by atoms with Crippen LogP contribution in [0.4, 0.5) is 4.39 Å². The lowest BCUT2D eigenvalue weighted by Crippen LogP contribution is -2.35. The highest BCUT2D eigenvalue weighted by Gasteiger charge is 2.16. The number of hydrogen-bond acceptors (Lipinski definition) is 2. The molecule has 4 nitrogen and oxygen atoms in total. The maximum Gasteiger partial charge on any atom is 0.253 e. The number of halogens is 1. The van der Waals surface area contributed by atoms with E-state index in [-0.39, 0.29) is 24.2 Å². The second kappa shape index (κ2) is 6.05. The highest BCUT2D eigenvalue weighted by Crippen LogP contribution is 2.19. The van der Waals surface area contributed by atoms with Crippen LogP contribution in [0.1, 0.15) is 30.6 Å². The van der Waals surface area contributed by atoms with Crippen molar-refractivity contribution in [1.82, 2.24) is 10.3 Å². The van der Waals surface area contributed by atoms with E-state index in [0.717, 1.165) is 6.42 Å². The number of H-pyrrole nitrogens is 1. The van der Waals surface area contributed by atoms with Crippen molar-refractivity contribution >= 4 is 16.8 Å². The van der Waals surface area contributed by atoms with Crippen LogP contribution in [0.5, 0.6) is 0 Å². The summed E-state index contributed by atoms with van der Waals surface area (Å²) in [6.07, 6.45) is 1.84. The zero-order chi connectivity index (χ0) is 14.7. The number of carbonyl (C=O) groups excluding carboxylic acids is 1. The number of fused-ring (bicyclic) bond motifs is 1. The van der Waals surface area contributed by atoms with Crippen molar-refractivity contribution in [2.75, 3.05) is 6.54 Å². The van der Waals surface area contributed by atoms with Crippen LogP contribution < -0.4 is 5.32 Å². The smallest absolute Gasteiger partial charge is 0.253 e. The maximum absolute atomic E-state index is 13.1. The molecule has 0 radical (unpaired) electrons. The van der Waals surface area contributed by atoms with Gasteiger partial charge in [-0.2, -0.15) is 0 Å². The summed E-state index contributed by atoms with van der Waals surface area (Å²) in [5.74, 6) is -0.490. The maximum atomic E-state index is 13.1. The number of aromatic nitrogens is 1. The van der Waals surface area contributed by atoms with E-state index in [1.165, 1.54) is 12.1 Å². The molecule has 2 rings (SSSR count). The van der Waals surface area contributed by atoms with Gasteiger partial charge in [0.2, 0.25) is 0 Å². The number of rotatable bonds is 5. The fourth-order valence-electron chi connectivity index (χ4n) is 2.05. The second-order valence-electron chi connectivity index (χ2n) is 5.06. The molecule has 2 atom stereocenters. The molecule has 1 aromatic carbocycles. The highest BCUT2D eigenvalue weighted by atomic mass is 19.1. The third-order valence-electron chi connectivity index (χ3n) is 3.66. The lowest BCUT2D eigenvalue weighted by atomic mass is 10.0. The number of aliphatic hydroxyl groups is 1. The van der Waals surface area contributed by atoms with Gasteiger partial charge in [-0.1, -0.05) is 20.3 Å². The number of carbonyl (C=O) groups is 1. The van der Waals surface area contributed by atoms with Crippen LogP contribution in [0.15, 0.2) is 24.4 Å². The molecule has 0 saturated carbocycles. The normalized spacial score (nSPS) is 14.2. The number of amides is 1. The fraction of sp³-hybridized carbons (Fsp3) is 0.400. The molecule has 2 aromatic rings. The van der Waals surface area contributed by atoms with E-state index >= 15 is 0 Å². The standard InChI is InChI=1S/C15H19FN2O2/c1-3-9(2)14(19)8-18-15(20)12-7-17-13-6-10(16)4-5-11(12)13/h4-7,9,14,17,19H,3,8H2,1-2H3,(H,18,20). The quantitative estimate of drug-likeness (QED) is 0.786. The average molecular weight is 278 g/mol. The molecule has 0 saturated heterocycles. The van der Waals surface area contributed by atoms with Crippen LogP contribution in [0.2, 0.25) is 0 Å². The van der Waals surface area contributed by atoms with Gasteiger partial charge in [-0.15, -0.1) is 0 Å². The molecule has 3 N–H and O–H groups in total. The van der Waals surface area contributed by atoms with Crippen molar-refractivity contribution < 1.29 is 14.3 Å². The molecular formula is C15H19FN2O2. The summed E-state index contributed by atoms with van der Waals surface area (Å²) in [5.41, 5.74) is 1.04. The van der Waals surface area contributed by atoms with E-state index in [0.29, 0.717) is 16.5 Å². The van der Waals surface area contributed by atoms with E-state index in [9.17, 15) is 14.3 Å². The van der Waals surface area contributed by atoms with Crippen molar-refractivity contribution in [3.63, 3.8) is 0 Å². The number of nitrogens with one attached hydrogen (secondary N) is 2. The predicted octanol–water partition coefficient (Wildman–Crippen LogP) is 2.44. The first-order valence-electron chi connectivity index (χ1n) is 6.75. The van der Waals surface area contributed by atoms with Crippen molar-refractivity contribution in [3.05, 3.63) is 35.8 Å². The number of benzene rings is 1. The Kier molecular flexibility index (Phi) is 4.39. The minimum Gasteiger partial charge on any atom is -0.391 e. The molecule has 1 amide bonds. The highest BCUT2D eigenvalue weighted by molar-refractivity contribution is 6.06. The van der Waals surface area contributed by atoms with Gasteiger partial charge in [0.05, 0.1) is 11.7 Å². The SMILES string of the molecule is CCC(C)C(O)CNC(=O)c1c[nH]c2cc(F)ccc12. The number of aromatic amines is 1. The second-order valence-corrected chi connectivity index (χ2v) is 5.06. The van der Waals surface area contributed by atoms with Crippen molar-refractivity contribution in [3.8, 4) is 0 Å². The summed E-state index contributed by atoms with van der Waals surface area (Å²) in [7, 11) is 0. The van der Waals surface area contributed by atoms with Gasteiger partial charge in [0.1, 0.15) is 5.82 Å². The van der Waals surface area contributed by atoms with Crippen LogP contribution in [-0.2, 0) is 0 Å². The largest absolute Gasteiger partial charge is 0.391 e. The molecule has 0 bridgehead atoms. The summed E-state index contributed by atoms with van der Waals surface area (Å²) < 4.78 is 13.1. The molecule has 0 aliphatic carbocycles. The molecule has 108 valence electrons. The first-order valence-corrected chi connectivity index (χ1v) is 6.75. The van der Waals surface area contributed by atoms with Gasteiger partial charge in [-0.05, 0) is 24.1 Å². The molecule has 5 heteroatoms. The molecule has 20 heavy (non-hydrogen) atoms. The Morgan fingerprint density at radius 2 is 2.25 bits per heavy atom. The minimum atomic E-state index is -0.563. The Hall–Kier alpha value is -1.88. The lowest BCUT2D eigenvalue weighted by Gasteiger charge is -2.17. The van der Waals surface area contributed by atoms with E-state index in [1.807, 2.05) is 13.8 Å². The predicted molar refractivity (Wildman–Crippen MR) is 76.1 cm³/mol. The number of aliphatic hydroxyl groups excluding tert-OH is 1. The van der Waals surface area contributed by atoms with Gasteiger partial charge >= 0.3 is 0 Å². The fourth-order valence-corrected chi connectivity index (χ4v) is 2.05. The summed E-state index contributed by atoms with van der Waals surface area (Å²) in [5, 5.41) is 13.2. The van der Waals surface area contributed by atoms with Crippen molar-refractivity contribution in [1.29, 1.82) is 0 Å². The Balaban J connectivity index is 2.08. The zero-order valence-electron chi connectivity index (χ0n) is 11.6.